The number of amides is 2. The molecule has 148 valence electrons. The van der Waals surface area contributed by atoms with E-state index in [9.17, 15) is 19.5 Å². The van der Waals surface area contributed by atoms with Crippen LogP contribution >= 0.6 is 0 Å². The maximum Gasteiger partial charge on any atom is 0.338 e. The van der Waals surface area contributed by atoms with E-state index >= 15 is 0 Å². The Balaban J connectivity index is 1.79. The van der Waals surface area contributed by atoms with Gasteiger partial charge in [-0.2, -0.15) is 0 Å². The number of carbonyl (C=O) groups is 3. The van der Waals surface area contributed by atoms with Gasteiger partial charge in [0.25, 0.3) is 0 Å². The van der Waals surface area contributed by atoms with Crippen molar-refractivity contribution in [1.82, 2.24) is 5.32 Å². The summed E-state index contributed by atoms with van der Waals surface area (Å²) in [5.74, 6) is -1.54. The third-order valence-electron chi connectivity index (χ3n) is 3.99. The number of aryl methyl sites for hydroxylation is 2. The zero-order valence-corrected chi connectivity index (χ0v) is 16.0. The van der Waals surface area contributed by atoms with E-state index in [1.807, 2.05) is 31.2 Å². The third-order valence-corrected chi connectivity index (χ3v) is 3.99. The maximum absolute atomic E-state index is 12.0. The lowest BCUT2D eigenvalue weighted by Crippen LogP contribution is -2.33. The van der Waals surface area contributed by atoms with Gasteiger partial charge < -0.3 is 20.5 Å². The largest absolute Gasteiger partial charge is 0.506 e. The Morgan fingerprint density at radius 2 is 1.75 bits per heavy atom. The number of rotatable bonds is 8. The number of aromatic hydroxyl groups is 1. The normalized spacial score (nSPS) is 10.2. The first-order valence-electron chi connectivity index (χ1n) is 9.01. The van der Waals surface area contributed by atoms with Crippen LogP contribution in [0.1, 0.15) is 34.8 Å². The van der Waals surface area contributed by atoms with Gasteiger partial charge in [0.1, 0.15) is 5.75 Å². The number of benzene rings is 2. The molecule has 7 nitrogen and oxygen atoms in total. The first-order chi connectivity index (χ1) is 13.4. The molecule has 0 saturated carbocycles. The molecule has 3 N–H and O–H groups in total. The van der Waals surface area contributed by atoms with E-state index in [1.54, 1.807) is 6.92 Å². The predicted octanol–water partition coefficient (Wildman–Crippen LogP) is 2.56. The summed E-state index contributed by atoms with van der Waals surface area (Å²) >= 11 is 0. The summed E-state index contributed by atoms with van der Waals surface area (Å²) in [5.41, 5.74) is 2.54. The zero-order valence-electron chi connectivity index (χ0n) is 16.0. The molecule has 2 aromatic carbocycles. The van der Waals surface area contributed by atoms with Gasteiger partial charge in [-0.25, -0.2) is 4.79 Å². The van der Waals surface area contributed by atoms with Crippen molar-refractivity contribution in [3.63, 3.8) is 0 Å². The van der Waals surface area contributed by atoms with Crippen LogP contribution in [0, 0.1) is 6.92 Å². The minimum atomic E-state index is -0.559. The second kappa shape index (κ2) is 10.1. The van der Waals surface area contributed by atoms with Crippen LogP contribution in [0.3, 0.4) is 0 Å². The van der Waals surface area contributed by atoms with E-state index in [1.165, 1.54) is 18.2 Å². The molecule has 0 radical (unpaired) electrons. The van der Waals surface area contributed by atoms with Crippen LogP contribution in [0.15, 0.2) is 42.5 Å². The van der Waals surface area contributed by atoms with Crippen LogP contribution in [0.4, 0.5) is 5.69 Å². The summed E-state index contributed by atoms with van der Waals surface area (Å²) in [6, 6.07) is 12.0. The Morgan fingerprint density at radius 1 is 1.04 bits per heavy atom. The molecule has 0 unspecified atom stereocenters. The van der Waals surface area contributed by atoms with E-state index in [4.69, 9.17) is 4.74 Å². The fourth-order valence-electron chi connectivity index (χ4n) is 2.45. The predicted molar refractivity (Wildman–Crippen MR) is 105 cm³/mol. The molecule has 0 aliphatic heterocycles. The Bertz CT molecular complexity index is 846. The third kappa shape index (κ3) is 6.42. The van der Waals surface area contributed by atoms with E-state index < -0.39 is 11.9 Å². The van der Waals surface area contributed by atoms with Gasteiger partial charge in [-0.05, 0) is 44.0 Å². The van der Waals surface area contributed by atoms with Crippen LogP contribution in [0.5, 0.6) is 5.75 Å². The summed E-state index contributed by atoms with van der Waals surface area (Å²) in [5, 5.41) is 15.0. The number of phenols is 1. The van der Waals surface area contributed by atoms with Crippen molar-refractivity contribution < 1.29 is 24.2 Å². The van der Waals surface area contributed by atoms with E-state index in [0.717, 1.165) is 11.1 Å². The lowest BCUT2D eigenvalue weighted by molar-refractivity contribution is -0.124. The molecule has 0 aliphatic rings. The van der Waals surface area contributed by atoms with Crippen molar-refractivity contribution in [2.24, 2.45) is 0 Å². The zero-order chi connectivity index (χ0) is 20.5. The molecule has 0 spiro atoms. The summed E-state index contributed by atoms with van der Waals surface area (Å²) in [6.45, 7) is 3.69. The number of nitrogens with one attached hydrogen (secondary N) is 2. The van der Waals surface area contributed by atoms with Crippen molar-refractivity contribution in [2.45, 2.75) is 26.7 Å². The molecular formula is C21H24N2O5. The molecular weight excluding hydrogens is 360 g/mol. The molecule has 28 heavy (non-hydrogen) atoms. The fraction of sp³-hybridized carbons (Fsp3) is 0.286. The van der Waals surface area contributed by atoms with Crippen LogP contribution in [-0.4, -0.2) is 36.0 Å². The SMILES string of the molecule is CCOC(=O)c1ccc(NC(=O)CNC(=O)CCc2ccc(C)cc2)c(O)c1. The van der Waals surface area contributed by atoms with Gasteiger partial charge in [0, 0.05) is 6.42 Å². The number of phenolic OH excluding ortho intramolecular Hbond substituents is 1. The molecule has 2 rings (SSSR count). The minimum Gasteiger partial charge on any atom is -0.506 e. The van der Waals surface area contributed by atoms with Gasteiger partial charge in [-0.3, -0.25) is 9.59 Å². The molecule has 2 aromatic rings. The first-order valence-corrected chi connectivity index (χ1v) is 9.01. The Hall–Kier alpha value is -3.35. The Kier molecular flexibility index (Phi) is 7.56. The summed E-state index contributed by atoms with van der Waals surface area (Å²) in [6.07, 6.45) is 0.861. The number of carbonyl (C=O) groups excluding carboxylic acids is 3. The second-order valence-corrected chi connectivity index (χ2v) is 6.26. The number of ether oxygens (including phenoxy) is 1. The molecule has 7 heteroatoms. The van der Waals surface area contributed by atoms with Gasteiger partial charge in [0.05, 0.1) is 24.4 Å². The van der Waals surface area contributed by atoms with Crippen molar-refractivity contribution in [3.05, 3.63) is 59.2 Å². The summed E-state index contributed by atoms with van der Waals surface area (Å²) < 4.78 is 4.84. The van der Waals surface area contributed by atoms with Crippen molar-refractivity contribution in [2.75, 3.05) is 18.5 Å². The average Bonchev–Trinajstić information content (AvgIpc) is 2.67. The van der Waals surface area contributed by atoms with E-state index in [2.05, 4.69) is 10.6 Å². The number of esters is 1. The molecule has 0 saturated heterocycles. The molecule has 0 aliphatic carbocycles. The Morgan fingerprint density at radius 3 is 2.39 bits per heavy atom. The topological polar surface area (TPSA) is 105 Å². The standard InChI is InChI=1S/C21H24N2O5/c1-3-28-21(27)16-9-10-17(18(24)12-16)23-20(26)13-22-19(25)11-8-15-6-4-14(2)5-7-15/h4-7,9-10,12,24H,3,8,11,13H2,1-2H3,(H,22,25)(H,23,26). The molecule has 0 fully saturated rings. The molecule has 0 aromatic heterocycles. The number of hydrogen-bond acceptors (Lipinski definition) is 5. The second-order valence-electron chi connectivity index (χ2n) is 6.26. The van der Waals surface area contributed by atoms with Crippen LogP contribution in [-0.2, 0) is 20.7 Å². The summed E-state index contributed by atoms with van der Waals surface area (Å²) in [4.78, 5) is 35.5. The number of anilines is 1. The minimum absolute atomic E-state index is 0.145. The lowest BCUT2D eigenvalue weighted by atomic mass is 10.1. The highest BCUT2D eigenvalue weighted by Gasteiger charge is 2.12. The van der Waals surface area contributed by atoms with Crippen molar-refractivity contribution in [1.29, 1.82) is 0 Å². The van der Waals surface area contributed by atoms with Crippen LogP contribution < -0.4 is 10.6 Å². The molecule has 0 atom stereocenters. The van der Waals surface area contributed by atoms with Gasteiger partial charge in [-0.1, -0.05) is 29.8 Å². The first kappa shape index (κ1) is 21.0. The lowest BCUT2D eigenvalue weighted by Gasteiger charge is -2.10. The Labute approximate surface area is 163 Å². The van der Waals surface area contributed by atoms with Gasteiger partial charge in [0.15, 0.2) is 0 Å². The molecule has 2 amide bonds. The highest BCUT2D eigenvalue weighted by molar-refractivity contribution is 5.97. The van der Waals surface area contributed by atoms with Gasteiger partial charge >= 0.3 is 5.97 Å². The smallest absolute Gasteiger partial charge is 0.338 e. The maximum atomic E-state index is 12.0. The highest BCUT2D eigenvalue weighted by Crippen LogP contribution is 2.24. The fourth-order valence-corrected chi connectivity index (χ4v) is 2.45. The van der Waals surface area contributed by atoms with Gasteiger partial charge in [0.2, 0.25) is 11.8 Å². The average molecular weight is 384 g/mol. The summed E-state index contributed by atoms with van der Waals surface area (Å²) in [7, 11) is 0. The van der Waals surface area contributed by atoms with E-state index in [-0.39, 0.29) is 42.5 Å². The quantitative estimate of drug-likeness (QED) is 0.479. The number of hydrogen-bond donors (Lipinski definition) is 3. The highest BCUT2D eigenvalue weighted by atomic mass is 16.5. The van der Waals surface area contributed by atoms with Crippen molar-refractivity contribution in [3.8, 4) is 5.75 Å². The molecule has 0 heterocycles. The van der Waals surface area contributed by atoms with Gasteiger partial charge in [-0.15, -0.1) is 0 Å². The van der Waals surface area contributed by atoms with Crippen LogP contribution in [0.2, 0.25) is 0 Å². The van der Waals surface area contributed by atoms with Crippen molar-refractivity contribution >= 4 is 23.5 Å². The van der Waals surface area contributed by atoms with Crippen LogP contribution in [0.25, 0.3) is 0 Å². The molecule has 0 bridgehead atoms. The van der Waals surface area contributed by atoms with E-state index in [0.29, 0.717) is 6.42 Å². The monoisotopic (exact) mass is 384 g/mol.